The maximum Gasteiger partial charge on any atom is 0.315 e. The van der Waals surface area contributed by atoms with Gasteiger partial charge in [-0.15, -0.1) is 0 Å². The largest absolute Gasteiger partial charge is 0.347 e. The third-order valence-corrected chi connectivity index (χ3v) is 2.45. The van der Waals surface area contributed by atoms with Crippen molar-refractivity contribution >= 4 is 5.69 Å². The Morgan fingerprint density at radius 2 is 2.19 bits per heavy atom. The van der Waals surface area contributed by atoms with Crippen molar-refractivity contribution in [1.29, 1.82) is 0 Å². The van der Waals surface area contributed by atoms with Crippen LogP contribution < -0.4 is 0 Å². The van der Waals surface area contributed by atoms with Crippen molar-refractivity contribution in [2.45, 2.75) is 13.2 Å². The highest BCUT2D eigenvalue weighted by Crippen LogP contribution is 2.30. The lowest BCUT2D eigenvalue weighted by Crippen LogP contribution is -2.26. The van der Waals surface area contributed by atoms with Gasteiger partial charge in [-0.25, -0.2) is 0 Å². The van der Waals surface area contributed by atoms with Crippen LogP contribution in [0.2, 0.25) is 0 Å². The molecule has 16 heavy (non-hydrogen) atoms. The lowest BCUT2D eigenvalue weighted by atomic mass is 10.2. The first-order valence-corrected chi connectivity index (χ1v) is 4.99. The predicted molar refractivity (Wildman–Crippen MR) is 53.7 cm³/mol. The lowest BCUT2D eigenvalue weighted by Gasteiger charge is -2.26. The Morgan fingerprint density at radius 1 is 1.56 bits per heavy atom. The minimum absolute atomic E-state index is 0.0675. The van der Waals surface area contributed by atoms with Crippen LogP contribution in [0.1, 0.15) is 18.9 Å². The second-order valence-corrected chi connectivity index (χ2v) is 3.90. The molecule has 1 aromatic heterocycles. The van der Waals surface area contributed by atoms with E-state index in [9.17, 15) is 10.1 Å². The Balaban J connectivity index is 2.25. The van der Waals surface area contributed by atoms with Gasteiger partial charge in [-0.3, -0.25) is 14.8 Å². The fourth-order valence-corrected chi connectivity index (χ4v) is 1.61. The summed E-state index contributed by atoms with van der Waals surface area (Å²) in [6.07, 6.45) is 0.518. The number of hydrogen-bond donors (Lipinski definition) is 0. The highest BCUT2D eigenvalue weighted by molar-refractivity contribution is 5.33. The quantitative estimate of drug-likeness (QED) is 0.556. The average Bonchev–Trinajstić information content (AvgIpc) is 2.62. The van der Waals surface area contributed by atoms with E-state index in [1.54, 1.807) is 7.05 Å². The summed E-state index contributed by atoms with van der Waals surface area (Å²) in [6.45, 7) is 3.06. The molecule has 0 bridgehead atoms. The molecule has 0 aromatic carbocycles. The molecule has 1 fully saturated rings. The summed E-state index contributed by atoms with van der Waals surface area (Å²) in [5.41, 5.74) is 0.291. The molecule has 0 unspecified atom stereocenters. The molecule has 2 rings (SSSR count). The fourth-order valence-electron chi connectivity index (χ4n) is 1.61. The van der Waals surface area contributed by atoms with E-state index in [1.165, 1.54) is 10.9 Å². The molecule has 7 heteroatoms. The van der Waals surface area contributed by atoms with Gasteiger partial charge in [0.15, 0.2) is 5.69 Å². The molecule has 1 aromatic rings. The lowest BCUT2D eigenvalue weighted by molar-refractivity contribution is -0.387. The first-order chi connectivity index (χ1) is 7.59. The summed E-state index contributed by atoms with van der Waals surface area (Å²) in [5.74, 6) is 0.309. The normalized spacial score (nSPS) is 25.6. The Kier molecular flexibility index (Phi) is 2.88. The van der Waals surface area contributed by atoms with Gasteiger partial charge in [0.05, 0.1) is 18.1 Å². The summed E-state index contributed by atoms with van der Waals surface area (Å²) >= 11 is 0. The van der Waals surface area contributed by atoms with Crippen LogP contribution in [0, 0.1) is 16.0 Å². The molecule has 0 atom stereocenters. The van der Waals surface area contributed by atoms with Crippen molar-refractivity contribution in [3.05, 3.63) is 22.0 Å². The van der Waals surface area contributed by atoms with E-state index >= 15 is 0 Å². The number of aromatic nitrogens is 2. The van der Waals surface area contributed by atoms with Crippen LogP contribution in [0.25, 0.3) is 0 Å². The average molecular weight is 227 g/mol. The van der Waals surface area contributed by atoms with Crippen molar-refractivity contribution in [3.63, 3.8) is 0 Å². The van der Waals surface area contributed by atoms with Gasteiger partial charge in [-0.05, 0) is 0 Å². The summed E-state index contributed by atoms with van der Waals surface area (Å²) < 4.78 is 12.3. The van der Waals surface area contributed by atoms with Crippen molar-refractivity contribution < 1.29 is 14.4 Å². The number of ether oxygens (including phenoxy) is 2. The Morgan fingerprint density at radius 3 is 2.75 bits per heavy atom. The summed E-state index contributed by atoms with van der Waals surface area (Å²) in [5, 5.41) is 14.6. The van der Waals surface area contributed by atoms with Crippen LogP contribution in [-0.2, 0) is 16.5 Å². The van der Waals surface area contributed by atoms with Crippen LogP contribution >= 0.6 is 0 Å². The van der Waals surface area contributed by atoms with Gasteiger partial charge in [0.2, 0.25) is 6.29 Å². The summed E-state index contributed by atoms with van der Waals surface area (Å²) in [7, 11) is 1.63. The molecule has 0 saturated carbocycles. The molecular formula is C9H13N3O4. The smallest absolute Gasteiger partial charge is 0.315 e. The van der Waals surface area contributed by atoms with Crippen molar-refractivity contribution in [2.24, 2.45) is 13.0 Å². The summed E-state index contributed by atoms with van der Waals surface area (Å²) in [4.78, 5) is 10.3. The number of hydrogen-bond acceptors (Lipinski definition) is 5. The van der Waals surface area contributed by atoms with E-state index in [0.717, 1.165) is 0 Å². The number of nitro groups is 1. The Labute approximate surface area is 92.1 Å². The van der Waals surface area contributed by atoms with E-state index < -0.39 is 11.2 Å². The molecule has 88 valence electrons. The molecule has 2 heterocycles. The minimum atomic E-state index is -0.691. The molecule has 0 radical (unpaired) electrons. The van der Waals surface area contributed by atoms with Gasteiger partial charge in [-0.1, -0.05) is 6.92 Å². The molecule has 7 nitrogen and oxygen atoms in total. The zero-order valence-electron chi connectivity index (χ0n) is 9.12. The SMILES string of the molecule is CC1COC(c2c([N+](=O)[O-])cnn2C)OC1. The van der Waals surface area contributed by atoms with E-state index in [2.05, 4.69) is 5.10 Å². The van der Waals surface area contributed by atoms with Crippen molar-refractivity contribution in [2.75, 3.05) is 13.2 Å². The standard InChI is InChI=1S/C9H13N3O4/c1-6-4-15-9(16-5-6)8-7(12(13)14)3-10-11(8)2/h3,6,9H,4-5H2,1-2H3. The number of aryl methyl sites for hydroxylation is 1. The third kappa shape index (κ3) is 1.91. The first kappa shape index (κ1) is 11.0. The molecule has 1 aliphatic rings. The fraction of sp³-hybridized carbons (Fsp3) is 0.667. The number of rotatable bonds is 2. The zero-order chi connectivity index (χ0) is 11.7. The zero-order valence-corrected chi connectivity index (χ0v) is 9.12. The number of nitrogens with zero attached hydrogens (tertiary/aromatic N) is 3. The van der Waals surface area contributed by atoms with Gasteiger partial charge in [0, 0.05) is 13.0 Å². The van der Waals surface area contributed by atoms with Crippen molar-refractivity contribution in [3.8, 4) is 0 Å². The Bertz CT molecular complexity index is 395. The van der Waals surface area contributed by atoms with E-state index in [-0.39, 0.29) is 5.69 Å². The first-order valence-electron chi connectivity index (χ1n) is 4.99. The van der Waals surface area contributed by atoms with E-state index in [1.807, 2.05) is 6.92 Å². The second-order valence-electron chi connectivity index (χ2n) is 3.90. The van der Waals surface area contributed by atoms with Gasteiger partial charge in [0.1, 0.15) is 6.20 Å². The molecule has 0 aliphatic carbocycles. The van der Waals surface area contributed by atoms with Crippen LogP contribution in [0.5, 0.6) is 0 Å². The van der Waals surface area contributed by atoms with Gasteiger partial charge < -0.3 is 9.47 Å². The minimum Gasteiger partial charge on any atom is -0.347 e. The van der Waals surface area contributed by atoms with Crippen LogP contribution in [0.3, 0.4) is 0 Å². The van der Waals surface area contributed by atoms with Crippen LogP contribution in [0.15, 0.2) is 6.20 Å². The maximum atomic E-state index is 10.8. The van der Waals surface area contributed by atoms with Gasteiger partial charge >= 0.3 is 5.69 Å². The highest BCUT2D eigenvalue weighted by Gasteiger charge is 2.31. The highest BCUT2D eigenvalue weighted by atomic mass is 16.7. The van der Waals surface area contributed by atoms with E-state index in [4.69, 9.17) is 9.47 Å². The van der Waals surface area contributed by atoms with Gasteiger partial charge in [-0.2, -0.15) is 5.10 Å². The molecule has 0 N–H and O–H groups in total. The maximum absolute atomic E-state index is 10.8. The van der Waals surface area contributed by atoms with Gasteiger partial charge in [0.25, 0.3) is 0 Å². The van der Waals surface area contributed by atoms with Crippen molar-refractivity contribution in [1.82, 2.24) is 9.78 Å². The third-order valence-electron chi connectivity index (χ3n) is 2.45. The topological polar surface area (TPSA) is 79.4 Å². The van der Waals surface area contributed by atoms with E-state index in [0.29, 0.717) is 24.8 Å². The monoisotopic (exact) mass is 227 g/mol. The predicted octanol–water partition coefficient (Wildman–Crippen LogP) is 1.01. The van der Waals surface area contributed by atoms with Crippen LogP contribution in [0.4, 0.5) is 5.69 Å². The second kappa shape index (κ2) is 4.18. The Hall–Kier alpha value is -1.47. The molecule has 0 spiro atoms. The molecule has 1 saturated heterocycles. The van der Waals surface area contributed by atoms with Crippen LogP contribution in [-0.4, -0.2) is 27.9 Å². The molecular weight excluding hydrogens is 214 g/mol. The molecule has 1 aliphatic heterocycles. The summed E-state index contributed by atoms with van der Waals surface area (Å²) in [6, 6.07) is 0. The molecule has 0 amide bonds.